The van der Waals surface area contributed by atoms with Gasteiger partial charge < -0.3 is 33.5 Å². The van der Waals surface area contributed by atoms with Crippen LogP contribution in [0.4, 0.5) is 9.59 Å². The Labute approximate surface area is 298 Å². The van der Waals surface area contributed by atoms with Crippen LogP contribution in [-0.2, 0) is 50.1 Å². The van der Waals surface area contributed by atoms with Crippen LogP contribution in [0.1, 0.15) is 47.9 Å². The van der Waals surface area contributed by atoms with Crippen molar-refractivity contribution in [2.45, 2.75) is 52.0 Å². The van der Waals surface area contributed by atoms with Crippen molar-refractivity contribution in [1.29, 1.82) is 0 Å². The summed E-state index contributed by atoms with van der Waals surface area (Å²) in [5.41, 5.74) is 3.42. The van der Waals surface area contributed by atoms with Crippen molar-refractivity contribution in [3.8, 4) is 11.5 Å². The van der Waals surface area contributed by atoms with Crippen LogP contribution in [0.3, 0.4) is 0 Å². The Bertz CT molecular complexity index is 1540. The van der Waals surface area contributed by atoms with Gasteiger partial charge in [-0.05, 0) is 59.4 Å². The molecule has 11 heteroatoms. The Morgan fingerprint density at radius 1 is 0.490 bits per heavy atom. The van der Waals surface area contributed by atoms with Crippen LogP contribution in [0.15, 0.2) is 109 Å². The Balaban J connectivity index is 1.25. The van der Waals surface area contributed by atoms with E-state index in [1.807, 2.05) is 84.9 Å². The number of ether oxygens (including phenoxy) is 5. The zero-order valence-corrected chi connectivity index (χ0v) is 29.0. The van der Waals surface area contributed by atoms with Crippen LogP contribution in [0.5, 0.6) is 11.5 Å². The van der Waals surface area contributed by atoms with Crippen LogP contribution in [0.25, 0.3) is 0 Å². The first-order valence-electron chi connectivity index (χ1n) is 16.7. The van der Waals surface area contributed by atoms with E-state index in [2.05, 4.69) is 0 Å². The zero-order valence-electron chi connectivity index (χ0n) is 29.0. The molecule has 0 aliphatic heterocycles. The molecule has 0 atom stereocenters. The predicted octanol–water partition coefficient (Wildman–Crippen LogP) is 7.31. The molecular formula is C40H44N2O9. The Morgan fingerprint density at radius 2 is 0.863 bits per heavy atom. The standard InChI is InChI=1S/C40H44N2O9/c1-47-35-21-17-31(18-22-35)27-41(39(45)49-29-33-11-5-3-6-12-33)25-9-15-37(43)51-38(44)16-10-26-42(28-32-19-23-36(48-2)24-20-32)40(46)50-30-34-13-7-4-8-14-34/h3-8,11-14,17-24H,9-10,15-16,25-30H2,1-2H3. The molecule has 51 heavy (non-hydrogen) atoms. The van der Waals surface area contributed by atoms with Crippen LogP contribution in [0.2, 0.25) is 0 Å². The predicted molar refractivity (Wildman–Crippen MR) is 190 cm³/mol. The van der Waals surface area contributed by atoms with Crippen molar-refractivity contribution in [2.24, 2.45) is 0 Å². The van der Waals surface area contributed by atoms with Gasteiger partial charge in [-0.2, -0.15) is 0 Å². The highest BCUT2D eigenvalue weighted by Gasteiger charge is 2.20. The van der Waals surface area contributed by atoms with Gasteiger partial charge in [0, 0.05) is 39.0 Å². The Morgan fingerprint density at radius 3 is 1.22 bits per heavy atom. The molecule has 0 saturated carbocycles. The summed E-state index contributed by atoms with van der Waals surface area (Å²) in [5.74, 6) is -0.00608. The number of hydrogen-bond acceptors (Lipinski definition) is 9. The Hall–Kier alpha value is -5.84. The largest absolute Gasteiger partial charge is 0.497 e. The fraction of sp³-hybridized carbons (Fsp3) is 0.300. The maximum absolute atomic E-state index is 13.0. The number of rotatable bonds is 18. The summed E-state index contributed by atoms with van der Waals surface area (Å²) in [6, 6.07) is 33.3. The smallest absolute Gasteiger partial charge is 0.410 e. The van der Waals surface area contributed by atoms with Gasteiger partial charge in [0.25, 0.3) is 0 Å². The molecule has 0 radical (unpaired) electrons. The molecule has 0 N–H and O–H groups in total. The molecule has 0 heterocycles. The summed E-state index contributed by atoms with van der Waals surface area (Å²) in [6.45, 7) is 1.14. The third-order valence-corrected chi connectivity index (χ3v) is 7.84. The fourth-order valence-corrected chi connectivity index (χ4v) is 5.05. The highest BCUT2D eigenvalue weighted by molar-refractivity contribution is 5.85. The minimum absolute atomic E-state index is 0.0772. The van der Waals surface area contributed by atoms with Crippen LogP contribution < -0.4 is 9.47 Å². The number of nitrogens with zero attached hydrogens (tertiary/aromatic N) is 2. The molecule has 11 nitrogen and oxygen atoms in total. The normalized spacial score (nSPS) is 10.5. The number of esters is 2. The number of benzene rings is 4. The van der Waals surface area contributed by atoms with Crippen LogP contribution in [-0.4, -0.2) is 61.2 Å². The first-order valence-corrected chi connectivity index (χ1v) is 16.7. The highest BCUT2D eigenvalue weighted by Crippen LogP contribution is 2.17. The molecule has 4 aromatic rings. The van der Waals surface area contributed by atoms with Gasteiger partial charge in [0.15, 0.2) is 0 Å². The SMILES string of the molecule is COc1ccc(CN(CCCC(=O)OC(=O)CCCN(Cc2ccc(OC)cc2)C(=O)OCc2ccccc2)C(=O)OCc2ccccc2)cc1. The number of carbonyl (C=O) groups is 4. The van der Waals surface area contributed by atoms with Crippen molar-refractivity contribution in [3.63, 3.8) is 0 Å². The molecule has 268 valence electrons. The maximum atomic E-state index is 13.0. The monoisotopic (exact) mass is 696 g/mol. The second-order valence-corrected chi connectivity index (χ2v) is 11.7. The molecule has 0 fully saturated rings. The van der Waals surface area contributed by atoms with Crippen molar-refractivity contribution >= 4 is 24.1 Å². The van der Waals surface area contributed by atoms with Gasteiger partial charge in [-0.3, -0.25) is 9.59 Å². The lowest BCUT2D eigenvalue weighted by molar-refractivity contribution is -0.159. The highest BCUT2D eigenvalue weighted by atomic mass is 16.6. The molecule has 0 aromatic heterocycles. The topological polar surface area (TPSA) is 121 Å². The summed E-state index contributed by atoms with van der Waals surface area (Å²) >= 11 is 0. The fourth-order valence-electron chi connectivity index (χ4n) is 5.05. The summed E-state index contributed by atoms with van der Waals surface area (Å²) in [6.07, 6.45) is -0.698. The lowest BCUT2D eigenvalue weighted by Gasteiger charge is -2.22. The van der Waals surface area contributed by atoms with E-state index < -0.39 is 24.1 Å². The van der Waals surface area contributed by atoms with Gasteiger partial charge in [0.2, 0.25) is 0 Å². The molecule has 0 unspecified atom stereocenters. The number of hydrogen-bond donors (Lipinski definition) is 0. The van der Waals surface area contributed by atoms with E-state index in [9.17, 15) is 19.2 Å². The van der Waals surface area contributed by atoms with E-state index in [0.29, 0.717) is 11.5 Å². The quantitative estimate of drug-likeness (QED) is 0.0599. The number of carbonyl (C=O) groups excluding carboxylic acids is 4. The van der Waals surface area contributed by atoms with Gasteiger partial charge in [-0.15, -0.1) is 0 Å². The van der Waals surface area contributed by atoms with Crippen LogP contribution >= 0.6 is 0 Å². The minimum atomic E-state index is -0.695. The van der Waals surface area contributed by atoms with Gasteiger partial charge in [-0.25, -0.2) is 9.59 Å². The van der Waals surface area contributed by atoms with Crippen molar-refractivity contribution in [2.75, 3.05) is 27.3 Å². The third kappa shape index (κ3) is 13.5. The zero-order chi connectivity index (χ0) is 36.3. The van der Waals surface area contributed by atoms with E-state index >= 15 is 0 Å². The first-order chi connectivity index (χ1) is 24.8. The second kappa shape index (κ2) is 20.6. The van der Waals surface area contributed by atoms with E-state index in [-0.39, 0.29) is 65.1 Å². The van der Waals surface area contributed by atoms with Gasteiger partial charge in [0.05, 0.1) is 14.2 Å². The van der Waals surface area contributed by atoms with Crippen LogP contribution in [0, 0.1) is 0 Å². The van der Waals surface area contributed by atoms with E-state index in [4.69, 9.17) is 23.7 Å². The van der Waals surface area contributed by atoms with E-state index in [1.54, 1.807) is 38.5 Å². The molecule has 0 aliphatic rings. The van der Waals surface area contributed by atoms with Gasteiger partial charge >= 0.3 is 24.1 Å². The lowest BCUT2D eigenvalue weighted by Crippen LogP contribution is -2.32. The summed E-state index contributed by atoms with van der Waals surface area (Å²) < 4.78 is 26.6. The van der Waals surface area contributed by atoms with Gasteiger partial charge in [0.1, 0.15) is 24.7 Å². The average molecular weight is 697 g/mol. The minimum Gasteiger partial charge on any atom is -0.497 e. The molecule has 0 aliphatic carbocycles. The lowest BCUT2D eigenvalue weighted by atomic mass is 10.2. The second-order valence-electron chi connectivity index (χ2n) is 11.7. The molecule has 0 saturated heterocycles. The molecule has 0 spiro atoms. The van der Waals surface area contributed by atoms with Crippen molar-refractivity contribution < 1.29 is 42.9 Å². The Kier molecular flexibility index (Phi) is 15.4. The molecule has 4 rings (SSSR count). The molecule has 4 aromatic carbocycles. The van der Waals surface area contributed by atoms with E-state index in [0.717, 1.165) is 22.3 Å². The average Bonchev–Trinajstić information content (AvgIpc) is 3.16. The number of amides is 2. The summed E-state index contributed by atoms with van der Waals surface area (Å²) in [4.78, 5) is 54.3. The summed E-state index contributed by atoms with van der Waals surface area (Å²) in [5, 5.41) is 0. The number of methoxy groups -OCH3 is 2. The molecule has 2 amide bonds. The summed E-state index contributed by atoms with van der Waals surface area (Å²) in [7, 11) is 3.16. The van der Waals surface area contributed by atoms with Crippen molar-refractivity contribution in [1.82, 2.24) is 9.80 Å². The molecule has 0 bridgehead atoms. The maximum Gasteiger partial charge on any atom is 0.410 e. The molecular weight excluding hydrogens is 652 g/mol. The van der Waals surface area contributed by atoms with Gasteiger partial charge in [-0.1, -0.05) is 84.9 Å². The first kappa shape index (κ1) is 38.0. The van der Waals surface area contributed by atoms with E-state index in [1.165, 1.54) is 9.80 Å². The van der Waals surface area contributed by atoms with Crippen molar-refractivity contribution in [3.05, 3.63) is 131 Å². The third-order valence-electron chi connectivity index (χ3n) is 7.84.